The van der Waals surface area contributed by atoms with Gasteiger partial charge in [0, 0.05) is 43.3 Å². The van der Waals surface area contributed by atoms with Crippen molar-refractivity contribution in [2.75, 3.05) is 44.8 Å². The molecule has 1 fully saturated rings. The number of piperazine rings is 1. The molecule has 39 heavy (non-hydrogen) atoms. The summed E-state index contributed by atoms with van der Waals surface area (Å²) in [7, 11) is 1.35. The highest BCUT2D eigenvalue weighted by Crippen LogP contribution is 2.43. The number of esters is 1. The highest BCUT2D eigenvalue weighted by molar-refractivity contribution is 6.34. The molecule has 3 aromatic rings. The molecule has 0 saturated carbocycles. The van der Waals surface area contributed by atoms with Gasteiger partial charge in [0.05, 0.1) is 30.0 Å². The van der Waals surface area contributed by atoms with Crippen LogP contribution in [0.5, 0.6) is 5.75 Å². The van der Waals surface area contributed by atoms with Gasteiger partial charge in [0.25, 0.3) is 0 Å². The molecule has 4 rings (SSSR count). The fraction of sp³-hybridized carbons (Fsp3) is 0.393. The van der Waals surface area contributed by atoms with E-state index in [-0.39, 0.29) is 45.0 Å². The molecule has 0 spiro atoms. The Kier molecular flexibility index (Phi) is 8.15. The van der Waals surface area contributed by atoms with Crippen molar-refractivity contribution in [2.24, 2.45) is 0 Å². The van der Waals surface area contributed by atoms with Crippen LogP contribution in [0.4, 0.5) is 19.3 Å². The lowest BCUT2D eigenvalue weighted by Gasteiger charge is -2.37. The number of nitrogens with zero attached hydrogens (tertiary/aromatic N) is 3. The summed E-state index contributed by atoms with van der Waals surface area (Å²) in [5.41, 5.74) is -0.571. The fourth-order valence-corrected chi connectivity index (χ4v) is 4.82. The second-order valence-corrected chi connectivity index (χ2v) is 10.4. The van der Waals surface area contributed by atoms with Crippen molar-refractivity contribution in [1.29, 1.82) is 0 Å². The lowest BCUT2D eigenvalue weighted by Crippen LogP contribution is -2.50. The Morgan fingerprint density at radius 1 is 1.10 bits per heavy atom. The Morgan fingerprint density at radius 2 is 1.79 bits per heavy atom. The second kappa shape index (κ2) is 11.2. The number of amides is 1. The minimum atomic E-state index is -0.857. The molecular formula is C28H30ClF2N3O5. The molecule has 0 unspecified atom stereocenters. The molecule has 1 saturated heterocycles. The lowest BCUT2D eigenvalue weighted by atomic mass is 9.98. The van der Waals surface area contributed by atoms with Crippen LogP contribution in [0.25, 0.3) is 22.0 Å². The van der Waals surface area contributed by atoms with Crippen molar-refractivity contribution >= 4 is 40.3 Å². The van der Waals surface area contributed by atoms with Crippen molar-refractivity contribution in [3.63, 3.8) is 0 Å². The quantitative estimate of drug-likeness (QED) is 0.349. The Balaban J connectivity index is 1.83. The molecule has 8 nitrogen and oxygen atoms in total. The van der Waals surface area contributed by atoms with Crippen molar-refractivity contribution in [3.8, 4) is 16.9 Å². The van der Waals surface area contributed by atoms with Crippen molar-refractivity contribution in [2.45, 2.75) is 33.3 Å². The minimum Gasteiger partial charge on any atom is -0.496 e. The van der Waals surface area contributed by atoms with Gasteiger partial charge in [-0.05, 0) is 45.9 Å². The molecule has 0 bridgehead atoms. The first-order chi connectivity index (χ1) is 18.5. The summed E-state index contributed by atoms with van der Waals surface area (Å²) in [5.74, 6) is -2.09. The third-order valence-corrected chi connectivity index (χ3v) is 6.51. The number of carbonyl (C=O) groups excluding carboxylic acids is 2. The molecule has 208 valence electrons. The van der Waals surface area contributed by atoms with Gasteiger partial charge in [-0.3, -0.25) is 4.98 Å². The van der Waals surface area contributed by atoms with Crippen LogP contribution in [0, 0.1) is 11.6 Å². The molecule has 0 aliphatic carbocycles. The topological polar surface area (TPSA) is 81.2 Å². The number of halogens is 3. The van der Waals surface area contributed by atoms with E-state index >= 15 is 4.39 Å². The number of benzene rings is 2. The van der Waals surface area contributed by atoms with E-state index in [1.165, 1.54) is 37.6 Å². The van der Waals surface area contributed by atoms with Crippen LogP contribution >= 0.6 is 11.6 Å². The number of methoxy groups -OCH3 is 1. The van der Waals surface area contributed by atoms with Crippen LogP contribution in [0.2, 0.25) is 5.02 Å². The first-order valence-corrected chi connectivity index (χ1v) is 12.9. The van der Waals surface area contributed by atoms with Crippen LogP contribution in [-0.2, 0) is 9.47 Å². The van der Waals surface area contributed by atoms with Crippen molar-refractivity contribution in [1.82, 2.24) is 9.88 Å². The molecule has 2 heterocycles. The van der Waals surface area contributed by atoms with Crippen LogP contribution in [0.1, 0.15) is 38.1 Å². The Morgan fingerprint density at radius 3 is 2.41 bits per heavy atom. The number of aromatic nitrogens is 1. The lowest BCUT2D eigenvalue weighted by molar-refractivity contribution is 0.0239. The van der Waals surface area contributed by atoms with Crippen molar-refractivity contribution in [3.05, 3.63) is 52.7 Å². The molecule has 2 aromatic carbocycles. The molecule has 1 amide bonds. The van der Waals surface area contributed by atoms with Gasteiger partial charge in [-0.25, -0.2) is 18.4 Å². The third-order valence-electron chi connectivity index (χ3n) is 6.21. The van der Waals surface area contributed by atoms with Gasteiger partial charge in [0.2, 0.25) is 0 Å². The van der Waals surface area contributed by atoms with Crippen LogP contribution in [-0.4, -0.2) is 67.4 Å². The molecule has 0 radical (unpaired) electrons. The number of carbonyl (C=O) groups is 2. The van der Waals surface area contributed by atoms with Crippen LogP contribution < -0.4 is 9.64 Å². The van der Waals surface area contributed by atoms with Crippen molar-refractivity contribution < 1.29 is 32.6 Å². The first-order valence-electron chi connectivity index (χ1n) is 12.5. The van der Waals surface area contributed by atoms with E-state index in [2.05, 4.69) is 4.98 Å². The summed E-state index contributed by atoms with van der Waals surface area (Å²) in [6, 6.07) is 5.60. The van der Waals surface area contributed by atoms with E-state index in [1.807, 2.05) is 4.90 Å². The third kappa shape index (κ3) is 5.71. The molecule has 1 aromatic heterocycles. The van der Waals surface area contributed by atoms with Gasteiger partial charge in [-0.15, -0.1) is 0 Å². The fourth-order valence-electron chi connectivity index (χ4n) is 4.54. The van der Waals surface area contributed by atoms with Gasteiger partial charge in [-0.1, -0.05) is 17.7 Å². The van der Waals surface area contributed by atoms with Gasteiger partial charge in [0.1, 0.15) is 28.2 Å². The van der Waals surface area contributed by atoms with E-state index in [1.54, 1.807) is 32.6 Å². The van der Waals surface area contributed by atoms with Crippen LogP contribution in [0.15, 0.2) is 30.5 Å². The maximum absolute atomic E-state index is 16.1. The standard InChI is InChI=1S/C28H30ClF2N3O5/c1-6-38-26(35)17-15-32-24-16(25(17)33-10-12-34(13-11-33)27(36)39-28(2,3)4)14-18(29)21(23(24)31)22-19(30)8-7-9-20(22)37-5/h7-9,14-15H,6,10-13H2,1-5H3. The molecule has 11 heteroatoms. The van der Waals surface area contributed by atoms with E-state index in [0.29, 0.717) is 31.9 Å². The normalized spacial score (nSPS) is 13.9. The molecule has 1 aliphatic rings. The van der Waals surface area contributed by atoms with Gasteiger partial charge < -0.3 is 24.0 Å². The largest absolute Gasteiger partial charge is 0.496 e. The summed E-state index contributed by atoms with van der Waals surface area (Å²) < 4.78 is 46.9. The average Bonchev–Trinajstić information content (AvgIpc) is 2.88. The zero-order chi connectivity index (χ0) is 28.5. The first kappa shape index (κ1) is 28.4. The van der Waals surface area contributed by atoms with Gasteiger partial charge in [0.15, 0.2) is 5.82 Å². The number of hydrogen-bond acceptors (Lipinski definition) is 7. The van der Waals surface area contributed by atoms with E-state index < -0.39 is 29.3 Å². The number of ether oxygens (including phenoxy) is 3. The zero-order valence-corrected chi connectivity index (χ0v) is 23.2. The maximum atomic E-state index is 16.1. The number of fused-ring (bicyclic) bond motifs is 1. The van der Waals surface area contributed by atoms with Gasteiger partial charge >= 0.3 is 12.1 Å². The Labute approximate surface area is 230 Å². The van der Waals surface area contributed by atoms with Crippen LogP contribution in [0.3, 0.4) is 0 Å². The minimum absolute atomic E-state index is 0.0835. The predicted molar refractivity (Wildman–Crippen MR) is 145 cm³/mol. The molecule has 0 atom stereocenters. The second-order valence-electron chi connectivity index (χ2n) is 9.96. The summed E-state index contributed by atoms with van der Waals surface area (Å²) in [6.45, 7) is 8.45. The van der Waals surface area contributed by atoms with E-state index in [0.717, 1.165) is 0 Å². The highest BCUT2D eigenvalue weighted by Gasteiger charge is 2.31. The van der Waals surface area contributed by atoms with Gasteiger partial charge in [-0.2, -0.15) is 0 Å². The smallest absolute Gasteiger partial charge is 0.410 e. The molecule has 0 N–H and O–H groups in total. The summed E-state index contributed by atoms with van der Waals surface area (Å²) in [6.07, 6.45) is 0.805. The zero-order valence-electron chi connectivity index (χ0n) is 22.4. The highest BCUT2D eigenvalue weighted by atomic mass is 35.5. The van der Waals surface area contributed by atoms with E-state index in [4.69, 9.17) is 25.8 Å². The predicted octanol–water partition coefficient (Wildman–Crippen LogP) is 6.08. The summed E-state index contributed by atoms with van der Waals surface area (Å²) in [4.78, 5) is 33.1. The number of hydrogen-bond donors (Lipinski definition) is 0. The Bertz CT molecular complexity index is 1420. The monoisotopic (exact) mass is 561 g/mol. The molecule has 1 aliphatic heterocycles. The number of pyridine rings is 1. The number of anilines is 1. The SMILES string of the molecule is CCOC(=O)c1cnc2c(F)c(-c3c(F)cccc3OC)c(Cl)cc2c1N1CCN(C(=O)OC(C)(C)C)CC1. The summed E-state index contributed by atoms with van der Waals surface area (Å²) in [5, 5.41) is 0.174. The summed E-state index contributed by atoms with van der Waals surface area (Å²) >= 11 is 6.58. The molecular weight excluding hydrogens is 532 g/mol. The number of rotatable bonds is 5. The average molecular weight is 562 g/mol. The Hall–Kier alpha value is -3.66. The van der Waals surface area contributed by atoms with E-state index in [9.17, 15) is 14.0 Å². The maximum Gasteiger partial charge on any atom is 0.410 e.